The van der Waals surface area contributed by atoms with Crippen molar-refractivity contribution in [2.24, 2.45) is 11.8 Å². The number of fused-ring (bicyclic) bond motifs is 2. The number of rotatable bonds is 3. The van der Waals surface area contributed by atoms with Gasteiger partial charge in [-0.15, -0.1) is 0 Å². The van der Waals surface area contributed by atoms with E-state index in [1.807, 2.05) is 0 Å². The van der Waals surface area contributed by atoms with Crippen LogP contribution in [-0.4, -0.2) is 18.4 Å². The summed E-state index contributed by atoms with van der Waals surface area (Å²) in [7, 11) is 0. The Labute approximate surface area is 84.1 Å². The fourth-order valence-electron chi connectivity index (χ4n) is 2.39. The van der Waals surface area contributed by atoms with Gasteiger partial charge >= 0.3 is 5.97 Å². The van der Waals surface area contributed by atoms with Crippen LogP contribution in [-0.2, 0) is 14.3 Å². The lowest BCUT2D eigenvalue weighted by Crippen LogP contribution is -2.26. The second-order valence-electron chi connectivity index (χ2n) is 4.13. The Morgan fingerprint density at radius 3 is 2.71 bits per heavy atom. The summed E-state index contributed by atoms with van der Waals surface area (Å²) in [6.45, 7) is 3.18. The topological polar surface area (TPSA) is 35.5 Å². The standard InChI is InChI=1S/C11H16O3/c1-7(12)13-8(2)14-11-6-9-3-4-10(11)5-9/h3-4,8-11H,5-6H2,1-2H3. The minimum Gasteiger partial charge on any atom is -0.436 e. The normalized spacial score (nSPS) is 36.0. The molecular weight excluding hydrogens is 180 g/mol. The molecular formula is C11H16O3. The van der Waals surface area contributed by atoms with Crippen LogP contribution in [0.2, 0.25) is 0 Å². The first-order valence-electron chi connectivity index (χ1n) is 5.16. The monoisotopic (exact) mass is 196 g/mol. The highest BCUT2D eigenvalue weighted by Gasteiger charge is 2.37. The summed E-state index contributed by atoms with van der Waals surface area (Å²) in [5.74, 6) is 0.948. The van der Waals surface area contributed by atoms with Crippen molar-refractivity contribution in [1.82, 2.24) is 0 Å². The zero-order valence-corrected chi connectivity index (χ0v) is 8.60. The van der Waals surface area contributed by atoms with Gasteiger partial charge in [0.05, 0.1) is 6.10 Å². The van der Waals surface area contributed by atoms with Crippen LogP contribution < -0.4 is 0 Å². The van der Waals surface area contributed by atoms with E-state index in [2.05, 4.69) is 12.2 Å². The molecule has 0 radical (unpaired) electrons. The van der Waals surface area contributed by atoms with Crippen LogP contribution in [0.1, 0.15) is 26.7 Å². The maximum atomic E-state index is 10.7. The minimum atomic E-state index is -0.412. The Morgan fingerprint density at radius 1 is 1.43 bits per heavy atom. The van der Waals surface area contributed by atoms with Crippen LogP contribution in [0.3, 0.4) is 0 Å². The first-order valence-corrected chi connectivity index (χ1v) is 5.16. The number of allylic oxidation sites excluding steroid dienone is 1. The van der Waals surface area contributed by atoms with E-state index in [-0.39, 0.29) is 12.1 Å². The average Bonchev–Trinajstić information content (AvgIpc) is 2.62. The van der Waals surface area contributed by atoms with Gasteiger partial charge in [-0.05, 0) is 25.7 Å². The summed E-state index contributed by atoms with van der Waals surface area (Å²) < 4.78 is 10.6. The molecule has 1 fully saturated rings. The number of hydrogen-bond acceptors (Lipinski definition) is 3. The summed E-state index contributed by atoms with van der Waals surface area (Å²) in [5, 5.41) is 0. The molecule has 2 rings (SSSR count). The van der Waals surface area contributed by atoms with E-state index in [1.54, 1.807) is 6.92 Å². The van der Waals surface area contributed by atoms with Gasteiger partial charge in [0.1, 0.15) is 0 Å². The molecule has 0 aliphatic heterocycles. The summed E-state index contributed by atoms with van der Waals surface area (Å²) in [5.41, 5.74) is 0. The van der Waals surface area contributed by atoms with Gasteiger partial charge in [0.25, 0.3) is 0 Å². The predicted molar refractivity (Wildman–Crippen MR) is 51.5 cm³/mol. The highest BCUT2D eigenvalue weighted by Crippen LogP contribution is 2.41. The van der Waals surface area contributed by atoms with E-state index in [0.29, 0.717) is 11.8 Å². The maximum absolute atomic E-state index is 10.7. The number of ether oxygens (including phenoxy) is 2. The van der Waals surface area contributed by atoms with Crippen LogP contribution in [0.5, 0.6) is 0 Å². The Morgan fingerprint density at radius 2 is 2.21 bits per heavy atom. The quantitative estimate of drug-likeness (QED) is 0.393. The van der Waals surface area contributed by atoms with Crippen molar-refractivity contribution < 1.29 is 14.3 Å². The lowest BCUT2D eigenvalue weighted by atomic mass is 10.0. The molecule has 1 saturated carbocycles. The van der Waals surface area contributed by atoms with Gasteiger partial charge in [0.2, 0.25) is 0 Å². The second-order valence-corrected chi connectivity index (χ2v) is 4.13. The first kappa shape index (κ1) is 9.71. The van der Waals surface area contributed by atoms with Gasteiger partial charge < -0.3 is 9.47 Å². The molecule has 3 heteroatoms. The van der Waals surface area contributed by atoms with Crippen molar-refractivity contribution in [2.45, 2.75) is 39.1 Å². The number of carbonyl (C=O) groups is 1. The Bertz CT molecular complexity index is 259. The smallest absolute Gasteiger partial charge is 0.304 e. The Kier molecular flexibility index (Phi) is 2.59. The summed E-state index contributed by atoms with van der Waals surface area (Å²) in [4.78, 5) is 10.7. The van der Waals surface area contributed by atoms with Crippen molar-refractivity contribution in [3.63, 3.8) is 0 Å². The third kappa shape index (κ3) is 1.98. The molecule has 4 atom stereocenters. The van der Waals surface area contributed by atoms with Crippen LogP contribution in [0, 0.1) is 11.8 Å². The van der Waals surface area contributed by atoms with Crippen LogP contribution in [0.15, 0.2) is 12.2 Å². The molecule has 0 heterocycles. The summed E-state index contributed by atoms with van der Waals surface area (Å²) in [6.07, 6.45) is 6.61. The molecule has 0 aromatic heterocycles. The van der Waals surface area contributed by atoms with Crippen molar-refractivity contribution >= 4 is 5.97 Å². The lowest BCUT2D eigenvalue weighted by molar-refractivity contribution is -0.184. The van der Waals surface area contributed by atoms with Crippen LogP contribution in [0.4, 0.5) is 0 Å². The highest BCUT2D eigenvalue weighted by molar-refractivity contribution is 5.65. The average molecular weight is 196 g/mol. The minimum absolute atomic E-state index is 0.249. The van der Waals surface area contributed by atoms with E-state index in [9.17, 15) is 4.79 Å². The third-order valence-electron chi connectivity index (χ3n) is 2.92. The Hall–Kier alpha value is -0.830. The van der Waals surface area contributed by atoms with Gasteiger partial charge in [0, 0.05) is 12.8 Å². The SMILES string of the molecule is CC(=O)OC(C)OC1CC2C=CC1C2. The zero-order valence-electron chi connectivity index (χ0n) is 8.60. The van der Waals surface area contributed by atoms with Crippen molar-refractivity contribution in [3.05, 3.63) is 12.2 Å². The van der Waals surface area contributed by atoms with Crippen LogP contribution >= 0.6 is 0 Å². The molecule has 0 N–H and O–H groups in total. The fourth-order valence-corrected chi connectivity index (χ4v) is 2.39. The van der Waals surface area contributed by atoms with Gasteiger partial charge in [-0.1, -0.05) is 12.2 Å². The summed E-state index contributed by atoms with van der Waals surface area (Å²) >= 11 is 0. The van der Waals surface area contributed by atoms with Gasteiger partial charge in [-0.2, -0.15) is 0 Å². The molecule has 78 valence electrons. The Balaban J connectivity index is 1.81. The van der Waals surface area contributed by atoms with E-state index in [1.165, 1.54) is 13.3 Å². The van der Waals surface area contributed by atoms with Gasteiger partial charge in [-0.3, -0.25) is 4.79 Å². The zero-order chi connectivity index (χ0) is 10.1. The number of esters is 1. The largest absolute Gasteiger partial charge is 0.436 e. The van der Waals surface area contributed by atoms with Crippen LogP contribution in [0.25, 0.3) is 0 Å². The van der Waals surface area contributed by atoms with Crippen molar-refractivity contribution in [3.8, 4) is 0 Å². The van der Waals surface area contributed by atoms with E-state index in [4.69, 9.17) is 9.47 Å². The molecule has 0 amide bonds. The molecule has 14 heavy (non-hydrogen) atoms. The molecule has 4 unspecified atom stereocenters. The van der Waals surface area contributed by atoms with Gasteiger partial charge in [0.15, 0.2) is 6.29 Å². The molecule has 0 spiro atoms. The summed E-state index contributed by atoms with van der Waals surface area (Å²) in [6, 6.07) is 0. The highest BCUT2D eigenvalue weighted by atomic mass is 16.7. The van der Waals surface area contributed by atoms with Gasteiger partial charge in [-0.25, -0.2) is 0 Å². The van der Waals surface area contributed by atoms with E-state index < -0.39 is 6.29 Å². The maximum Gasteiger partial charge on any atom is 0.304 e. The molecule has 2 aliphatic rings. The molecule has 2 bridgehead atoms. The molecule has 0 saturated heterocycles. The van der Waals surface area contributed by atoms with E-state index >= 15 is 0 Å². The second kappa shape index (κ2) is 3.73. The lowest BCUT2D eigenvalue weighted by Gasteiger charge is -2.22. The fraction of sp³-hybridized carbons (Fsp3) is 0.727. The number of carbonyl (C=O) groups excluding carboxylic acids is 1. The molecule has 0 aromatic carbocycles. The predicted octanol–water partition coefficient (Wildman–Crippen LogP) is 1.88. The molecule has 0 aromatic rings. The van der Waals surface area contributed by atoms with Crippen molar-refractivity contribution in [1.29, 1.82) is 0 Å². The molecule has 2 aliphatic carbocycles. The van der Waals surface area contributed by atoms with E-state index in [0.717, 1.165) is 6.42 Å². The van der Waals surface area contributed by atoms with Crippen molar-refractivity contribution in [2.75, 3.05) is 0 Å². The molecule has 3 nitrogen and oxygen atoms in total. The third-order valence-corrected chi connectivity index (χ3v) is 2.92. The first-order chi connectivity index (χ1) is 6.65. The number of hydrogen-bond donors (Lipinski definition) is 0.